The predicted molar refractivity (Wildman–Crippen MR) is 147 cm³/mol. The van der Waals surface area contributed by atoms with Gasteiger partial charge in [0.1, 0.15) is 6.04 Å². The number of benzene rings is 2. The molecule has 0 radical (unpaired) electrons. The molecule has 0 saturated carbocycles. The Balaban J connectivity index is 1.79. The molecule has 8 heteroatoms. The Morgan fingerprint density at radius 2 is 1.50 bits per heavy atom. The topological polar surface area (TPSA) is 109 Å². The molecule has 0 spiro atoms. The van der Waals surface area contributed by atoms with Crippen LogP contribution in [0.4, 0.5) is 0 Å². The van der Waals surface area contributed by atoms with E-state index in [1.165, 1.54) is 0 Å². The van der Waals surface area contributed by atoms with Crippen molar-refractivity contribution in [3.05, 3.63) is 108 Å². The first-order chi connectivity index (χ1) is 18.6. The summed E-state index contributed by atoms with van der Waals surface area (Å²) in [5.41, 5.74) is 2.63. The second-order valence-corrected chi connectivity index (χ2v) is 8.41. The van der Waals surface area contributed by atoms with E-state index in [0.29, 0.717) is 48.1 Å². The lowest BCUT2D eigenvalue weighted by atomic mass is 9.95. The van der Waals surface area contributed by atoms with Crippen LogP contribution in [0.5, 0.6) is 23.0 Å². The summed E-state index contributed by atoms with van der Waals surface area (Å²) in [5.74, 6) is 0.820. The van der Waals surface area contributed by atoms with Gasteiger partial charge >= 0.3 is 0 Å². The van der Waals surface area contributed by atoms with Gasteiger partial charge in [0, 0.05) is 36.3 Å². The normalized spacial score (nSPS) is 12.8. The molecule has 2 heterocycles. The Morgan fingerprint density at radius 3 is 2.16 bits per heavy atom. The fourth-order valence-electron chi connectivity index (χ4n) is 4.13. The van der Waals surface area contributed by atoms with Crippen LogP contribution < -0.4 is 14.8 Å². The van der Waals surface area contributed by atoms with Gasteiger partial charge in [0.05, 0.1) is 30.6 Å². The number of hydrogen-bond acceptors (Lipinski definition) is 8. The molecule has 38 heavy (non-hydrogen) atoms. The van der Waals surface area contributed by atoms with Crippen molar-refractivity contribution in [1.82, 2.24) is 15.3 Å². The highest BCUT2D eigenvalue weighted by atomic mass is 16.5. The molecule has 2 aromatic heterocycles. The van der Waals surface area contributed by atoms with E-state index >= 15 is 0 Å². The van der Waals surface area contributed by atoms with E-state index in [0.717, 1.165) is 5.69 Å². The molecule has 0 amide bonds. The number of aromatic hydroxyl groups is 2. The SMILES string of the molecule is CCOc1cccc(C=N[C@H](c2ccccn2)[C@@H](NCc2ccccn2)c2cccc(OCC)c2O)c1O. The minimum absolute atomic E-state index is 0.0112. The average molecular weight is 513 g/mol. The van der Waals surface area contributed by atoms with Crippen LogP contribution in [-0.4, -0.2) is 39.6 Å². The number of phenolic OH excluding ortho intramolecular Hbond substituents is 2. The predicted octanol–water partition coefficient (Wildman–Crippen LogP) is 5.38. The second kappa shape index (κ2) is 13.2. The highest BCUT2D eigenvalue weighted by Crippen LogP contribution is 2.40. The van der Waals surface area contributed by atoms with Crippen molar-refractivity contribution in [2.24, 2.45) is 4.99 Å². The Bertz CT molecular complexity index is 1330. The number of para-hydroxylation sites is 2. The zero-order valence-corrected chi connectivity index (χ0v) is 21.5. The summed E-state index contributed by atoms with van der Waals surface area (Å²) in [6, 6.07) is 20.9. The smallest absolute Gasteiger partial charge is 0.166 e. The highest BCUT2D eigenvalue weighted by Gasteiger charge is 2.28. The minimum Gasteiger partial charge on any atom is -0.504 e. The molecule has 0 aliphatic carbocycles. The third-order valence-corrected chi connectivity index (χ3v) is 5.91. The zero-order valence-electron chi connectivity index (χ0n) is 21.5. The Kier molecular flexibility index (Phi) is 9.26. The fraction of sp³-hybridized carbons (Fsp3) is 0.233. The van der Waals surface area contributed by atoms with Gasteiger partial charge in [-0.25, -0.2) is 0 Å². The molecule has 0 saturated heterocycles. The number of phenols is 2. The standard InChI is InChI=1S/C30H32N4O4/c1-3-37-25-15-9-11-21(29(25)35)19-33-28(24-14-6-8-18-32-24)27(34-20-22-12-5-7-17-31-22)23-13-10-16-26(30(23)36)38-4-2/h5-19,27-28,34-36H,3-4,20H2,1-2H3/t27-,28+/m0/s1. The summed E-state index contributed by atoms with van der Waals surface area (Å²) in [7, 11) is 0. The number of rotatable bonds is 12. The third-order valence-electron chi connectivity index (χ3n) is 5.91. The van der Waals surface area contributed by atoms with Crippen LogP contribution in [-0.2, 0) is 6.54 Å². The van der Waals surface area contributed by atoms with E-state index < -0.39 is 12.1 Å². The van der Waals surface area contributed by atoms with Crippen LogP contribution in [0.15, 0.2) is 90.2 Å². The monoisotopic (exact) mass is 512 g/mol. The van der Waals surface area contributed by atoms with E-state index in [2.05, 4.69) is 15.3 Å². The molecule has 4 rings (SSSR count). The number of nitrogens with zero attached hydrogens (tertiary/aromatic N) is 3. The van der Waals surface area contributed by atoms with Gasteiger partial charge in [0.2, 0.25) is 0 Å². The van der Waals surface area contributed by atoms with E-state index in [4.69, 9.17) is 14.5 Å². The van der Waals surface area contributed by atoms with Crippen LogP contribution in [0.3, 0.4) is 0 Å². The minimum atomic E-state index is -0.571. The molecular formula is C30H32N4O4. The first-order valence-corrected chi connectivity index (χ1v) is 12.6. The Labute approximate surface area is 222 Å². The first kappa shape index (κ1) is 26.6. The van der Waals surface area contributed by atoms with Gasteiger partial charge in [-0.2, -0.15) is 0 Å². The maximum Gasteiger partial charge on any atom is 0.166 e. The first-order valence-electron chi connectivity index (χ1n) is 12.6. The van der Waals surface area contributed by atoms with Gasteiger partial charge in [0.25, 0.3) is 0 Å². The molecule has 2 aromatic carbocycles. The highest BCUT2D eigenvalue weighted by molar-refractivity contribution is 5.85. The number of aromatic nitrogens is 2. The lowest BCUT2D eigenvalue weighted by Crippen LogP contribution is -2.27. The number of pyridine rings is 2. The van der Waals surface area contributed by atoms with Crippen LogP contribution in [0.1, 0.15) is 48.4 Å². The van der Waals surface area contributed by atoms with Crippen molar-refractivity contribution in [2.45, 2.75) is 32.5 Å². The summed E-state index contributed by atoms with van der Waals surface area (Å²) in [6.07, 6.45) is 5.05. The number of hydrogen-bond donors (Lipinski definition) is 3. The fourth-order valence-corrected chi connectivity index (χ4v) is 4.13. The van der Waals surface area contributed by atoms with Crippen molar-refractivity contribution in [3.63, 3.8) is 0 Å². The molecule has 3 N–H and O–H groups in total. The molecule has 0 unspecified atom stereocenters. The lowest BCUT2D eigenvalue weighted by Gasteiger charge is -2.27. The van der Waals surface area contributed by atoms with E-state index in [-0.39, 0.29) is 11.5 Å². The summed E-state index contributed by atoms with van der Waals surface area (Å²) in [5, 5.41) is 25.5. The van der Waals surface area contributed by atoms with Crippen LogP contribution in [0.2, 0.25) is 0 Å². The molecular weight excluding hydrogens is 480 g/mol. The van der Waals surface area contributed by atoms with Gasteiger partial charge in [-0.05, 0) is 56.3 Å². The van der Waals surface area contributed by atoms with Crippen molar-refractivity contribution in [3.8, 4) is 23.0 Å². The summed E-state index contributed by atoms with van der Waals surface area (Å²) >= 11 is 0. The van der Waals surface area contributed by atoms with Gasteiger partial charge in [-0.3, -0.25) is 15.0 Å². The molecule has 0 aliphatic rings. The summed E-state index contributed by atoms with van der Waals surface area (Å²) < 4.78 is 11.2. The summed E-state index contributed by atoms with van der Waals surface area (Å²) in [4.78, 5) is 13.9. The number of ether oxygens (including phenoxy) is 2. The molecule has 196 valence electrons. The van der Waals surface area contributed by atoms with Crippen molar-refractivity contribution in [2.75, 3.05) is 13.2 Å². The number of aliphatic imine (C=N–C) groups is 1. The molecule has 0 fully saturated rings. The van der Waals surface area contributed by atoms with Crippen molar-refractivity contribution >= 4 is 6.21 Å². The Morgan fingerprint density at radius 1 is 0.816 bits per heavy atom. The second-order valence-electron chi connectivity index (χ2n) is 8.41. The molecule has 4 aromatic rings. The zero-order chi connectivity index (χ0) is 26.7. The molecule has 0 bridgehead atoms. The van der Waals surface area contributed by atoms with Crippen molar-refractivity contribution < 1.29 is 19.7 Å². The molecule has 8 nitrogen and oxygen atoms in total. The lowest BCUT2D eigenvalue weighted by molar-refractivity contribution is 0.312. The van der Waals surface area contributed by atoms with Gasteiger partial charge < -0.3 is 25.0 Å². The van der Waals surface area contributed by atoms with Crippen LogP contribution in [0, 0.1) is 0 Å². The largest absolute Gasteiger partial charge is 0.504 e. The van der Waals surface area contributed by atoms with Crippen LogP contribution in [0.25, 0.3) is 0 Å². The maximum atomic E-state index is 11.2. The maximum absolute atomic E-state index is 11.2. The third kappa shape index (κ3) is 6.46. The Hall–Kier alpha value is -4.43. The number of nitrogens with one attached hydrogen (secondary N) is 1. The van der Waals surface area contributed by atoms with Gasteiger partial charge in [-0.1, -0.05) is 30.3 Å². The van der Waals surface area contributed by atoms with Crippen molar-refractivity contribution in [1.29, 1.82) is 0 Å². The molecule has 2 atom stereocenters. The van der Waals surface area contributed by atoms with E-state index in [1.54, 1.807) is 42.9 Å². The van der Waals surface area contributed by atoms with Gasteiger partial charge in [-0.15, -0.1) is 0 Å². The average Bonchev–Trinajstić information content (AvgIpc) is 2.95. The molecule has 0 aliphatic heterocycles. The van der Waals surface area contributed by atoms with Crippen LogP contribution >= 0.6 is 0 Å². The summed E-state index contributed by atoms with van der Waals surface area (Å²) in [6.45, 7) is 5.00. The van der Waals surface area contributed by atoms with E-state index in [1.807, 2.05) is 62.4 Å². The van der Waals surface area contributed by atoms with Gasteiger partial charge in [0.15, 0.2) is 23.0 Å². The van der Waals surface area contributed by atoms with E-state index in [9.17, 15) is 10.2 Å². The quantitative estimate of drug-likeness (QED) is 0.219.